The maximum absolute atomic E-state index is 5.94. The molecule has 0 amide bonds. The number of guanidine groups is 1. The van der Waals surface area contributed by atoms with Crippen molar-refractivity contribution >= 4 is 17.3 Å². The van der Waals surface area contributed by atoms with E-state index in [0.29, 0.717) is 6.10 Å². The summed E-state index contributed by atoms with van der Waals surface area (Å²) in [6, 6.07) is 0. The van der Waals surface area contributed by atoms with Crippen LogP contribution in [0.3, 0.4) is 0 Å². The van der Waals surface area contributed by atoms with E-state index in [4.69, 9.17) is 4.74 Å². The standard InChI is InChI=1S/C18H32N4OS/c1-14-15(2)24-17(22-14)10-12-21-18(19-3)20-11-7-13-23-16-8-5-4-6-9-16/h16H,4-13H2,1-3H3,(H2,19,20,21). The lowest BCUT2D eigenvalue weighted by Gasteiger charge is -2.22. The van der Waals surface area contributed by atoms with Crippen LogP contribution in [0.25, 0.3) is 0 Å². The molecule has 0 aromatic carbocycles. The minimum absolute atomic E-state index is 0.501. The van der Waals surface area contributed by atoms with Gasteiger partial charge in [0, 0.05) is 38.0 Å². The van der Waals surface area contributed by atoms with Crippen LogP contribution in [0.5, 0.6) is 0 Å². The van der Waals surface area contributed by atoms with E-state index in [1.807, 2.05) is 7.05 Å². The molecular weight excluding hydrogens is 320 g/mol. The molecule has 0 spiro atoms. The molecule has 2 N–H and O–H groups in total. The zero-order chi connectivity index (χ0) is 17.2. The molecule has 5 nitrogen and oxygen atoms in total. The van der Waals surface area contributed by atoms with Crippen molar-refractivity contribution in [2.75, 3.05) is 26.7 Å². The second-order valence-electron chi connectivity index (χ2n) is 6.41. The number of ether oxygens (including phenoxy) is 1. The van der Waals surface area contributed by atoms with Crippen LogP contribution in [0.2, 0.25) is 0 Å². The maximum Gasteiger partial charge on any atom is 0.190 e. The van der Waals surface area contributed by atoms with Crippen molar-refractivity contribution in [1.82, 2.24) is 15.6 Å². The highest BCUT2D eigenvalue weighted by Crippen LogP contribution is 2.20. The van der Waals surface area contributed by atoms with E-state index in [0.717, 1.165) is 44.2 Å². The number of nitrogens with one attached hydrogen (secondary N) is 2. The second kappa shape index (κ2) is 10.7. The Labute approximate surface area is 150 Å². The summed E-state index contributed by atoms with van der Waals surface area (Å²) >= 11 is 1.78. The molecule has 0 unspecified atom stereocenters. The number of aryl methyl sites for hydroxylation is 2. The first kappa shape index (κ1) is 19.2. The van der Waals surface area contributed by atoms with Gasteiger partial charge in [-0.25, -0.2) is 4.98 Å². The first-order chi connectivity index (χ1) is 11.7. The Kier molecular flexibility index (Phi) is 8.53. The highest BCUT2D eigenvalue weighted by atomic mass is 32.1. The molecule has 0 bridgehead atoms. The third-order valence-electron chi connectivity index (χ3n) is 4.45. The van der Waals surface area contributed by atoms with Crippen LogP contribution in [0.1, 0.15) is 54.1 Å². The highest BCUT2D eigenvalue weighted by Gasteiger charge is 2.13. The molecule has 24 heavy (non-hydrogen) atoms. The molecule has 0 radical (unpaired) electrons. The second-order valence-corrected chi connectivity index (χ2v) is 7.70. The molecule has 1 fully saturated rings. The average molecular weight is 353 g/mol. The Balaban J connectivity index is 1.53. The summed E-state index contributed by atoms with van der Waals surface area (Å²) in [5, 5.41) is 7.89. The molecule has 1 aliphatic carbocycles. The number of hydrogen-bond donors (Lipinski definition) is 2. The van der Waals surface area contributed by atoms with E-state index in [9.17, 15) is 0 Å². The molecule has 2 rings (SSSR count). The van der Waals surface area contributed by atoms with Gasteiger partial charge in [-0.3, -0.25) is 4.99 Å². The van der Waals surface area contributed by atoms with Crippen molar-refractivity contribution in [1.29, 1.82) is 0 Å². The zero-order valence-corrected chi connectivity index (χ0v) is 16.2. The van der Waals surface area contributed by atoms with E-state index in [2.05, 4.69) is 34.5 Å². The number of hydrogen-bond acceptors (Lipinski definition) is 4. The molecule has 1 saturated carbocycles. The summed E-state index contributed by atoms with van der Waals surface area (Å²) < 4.78 is 5.94. The van der Waals surface area contributed by atoms with Crippen molar-refractivity contribution in [2.45, 2.75) is 64.9 Å². The van der Waals surface area contributed by atoms with Crippen LogP contribution in [-0.2, 0) is 11.2 Å². The van der Waals surface area contributed by atoms with Crippen LogP contribution in [0, 0.1) is 13.8 Å². The van der Waals surface area contributed by atoms with Gasteiger partial charge in [0.05, 0.1) is 16.8 Å². The fraction of sp³-hybridized carbons (Fsp3) is 0.778. The van der Waals surface area contributed by atoms with E-state index in [1.165, 1.54) is 42.0 Å². The van der Waals surface area contributed by atoms with Crippen molar-refractivity contribution in [3.63, 3.8) is 0 Å². The van der Waals surface area contributed by atoms with Crippen molar-refractivity contribution in [3.05, 3.63) is 15.6 Å². The zero-order valence-electron chi connectivity index (χ0n) is 15.4. The molecule has 0 saturated heterocycles. The van der Waals surface area contributed by atoms with Gasteiger partial charge in [-0.2, -0.15) is 0 Å². The lowest BCUT2D eigenvalue weighted by atomic mass is 9.98. The Morgan fingerprint density at radius 3 is 2.62 bits per heavy atom. The van der Waals surface area contributed by atoms with Gasteiger partial charge >= 0.3 is 0 Å². The van der Waals surface area contributed by atoms with Gasteiger partial charge in [-0.05, 0) is 33.1 Å². The molecule has 1 aromatic rings. The summed E-state index contributed by atoms with van der Waals surface area (Å²) in [5.41, 5.74) is 1.15. The van der Waals surface area contributed by atoms with Crippen molar-refractivity contribution in [3.8, 4) is 0 Å². The Bertz CT molecular complexity index is 490. The fourth-order valence-electron chi connectivity index (χ4n) is 2.92. The first-order valence-corrected chi connectivity index (χ1v) is 9.99. The summed E-state index contributed by atoms with van der Waals surface area (Å²) in [5.74, 6) is 0.859. The largest absolute Gasteiger partial charge is 0.378 e. The lowest BCUT2D eigenvalue weighted by Crippen LogP contribution is -2.39. The number of aliphatic imine (C=N–C) groups is 1. The van der Waals surface area contributed by atoms with Crippen LogP contribution in [0.15, 0.2) is 4.99 Å². The quantitative estimate of drug-likeness (QED) is 0.428. The van der Waals surface area contributed by atoms with Gasteiger partial charge in [0.25, 0.3) is 0 Å². The van der Waals surface area contributed by atoms with Crippen LogP contribution in [-0.4, -0.2) is 43.8 Å². The topological polar surface area (TPSA) is 58.5 Å². The SMILES string of the molecule is CN=C(NCCCOC1CCCCC1)NCCc1nc(C)c(C)s1. The minimum atomic E-state index is 0.501. The normalized spacial score (nSPS) is 16.4. The number of aromatic nitrogens is 1. The number of thiazole rings is 1. The minimum Gasteiger partial charge on any atom is -0.378 e. The van der Waals surface area contributed by atoms with E-state index < -0.39 is 0 Å². The highest BCUT2D eigenvalue weighted by molar-refractivity contribution is 7.11. The molecule has 6 heteroatoms. The first-order valence-electron chi connectivity index (χ1n) is 9.18. The summed E-state index contributed by atoms with van der Waals surface area (Å²) in [7, 11) is 1.81. The molecule has 0 aliphatic heterocycles. The van der Waals surface area contributed by atoms with Crippen molar-refractivity contribution in [2.24, 2.45) is 4.99 Å². The summed E-state index contributed by atoms with van der Waals surface area (Å²) in [6.07, 6.45) is 8.98. The molecule has 1 heterocycles. The van der Waals surface area contributed by atoms with Crippen LogP contribution in [0.4, 0.5) is 0 Å². The van der Waals surface area contributed by atoms with Gasteiger partial charge < -0.3 is 15.4 Å². The number of rotatable bonds is 8. The smallest absolute Gasteiger partial charge is 0.190 e. The van der Waals surface area contributed by atoms with Crippen molar-refractivity contribution < 1.29 is 4.74 Å². The Morgan fingerprint density at radius 1 is 1.21 bits per heavy atom. The Morgan fingerprint density at radius 2 is 1.96 bits per heavy atom. The van der Waals surface area contributed by atoms with E-state index in [1.54, 1.807) is 11.3 Å². The molecule has 0 atom stereocenters. The third kappa shape index (κ3) is 6.77. The molecule has 1 aromatic heterocycles. The predicted octanol–water partition coefficient (Wildman–Crippen LogP) is 3.21. The number of nitrogens with zero attached hydrogens (tertiary/aromatic N) is 2. The lowest BCUT2D eigenvalue weighted by molar-refractivity contribution is 0.0277. The summed E-state index contributed by atoms with van der Waals surface area (Å²) in [6.45, 7) is 6.78. The predicted molar refractivity (Wildman–Crippen MR) is 102 cm³/mol. The average Bonchev–Trinajstić information content (AvgIpc) is 2.92. The van der Waals surface area contributed by atoms with Gasteiger partial charge in [0.15, 0.2) is 5.96 Å². The van der Waals surface area contributed by atoms with Gasteiger partial charge in [0.1, 0.15) is 0 Å². The summed E-state index contributed by atoms with van der Waals surface area (Å²) in [4.78, 5) is 10.1. The van der Waals surface area contributed by atoms with Crippen LogP contribution < -0.4 is 10.6 Å². The Hall–Kier alpha value is -1.14. The van der Waals surface area contributed by atoms with Gasteiger partial charge in [0.2, 0.25) is 0 Å². The third-order valence-corrected chi connectivity index (χ3v) is 5.58. The van der Waals surface area contributed by atoms with Gasteiger partial charge in [-0.15, -0.1) is 11.3 Å². The fourth-order valence-corrected chi connectivity index (χ4v) is 3.85. The van der Waals surface area contributed by atoms with Gasteiger partial charge in [-0.1, -0.05) is 19.3 Å². The maximum atomic E-state index is 5.94. The van der Waals surface area contributed by atoms with E-state index in [-0.39, 0.29) is 0 Å². The van der Waals surface area contributed by atoms with E-state index >= 15 is 0 Å². The molecule has 1 aliphatic rings. The molecular formula is C18H32N4OS. The molecule has 136 valence electrons. The van der Waals surface area contributed by atoms with Crippen LogP contribution >= 0.6 is 11.3 Å². The monoisotopic (exact) mass is 352 g/mol.